The second-order valence-corrected chi connectivity index (χ2v) is 10.5. The molecule has 2 fully saturated rings. The lowest BCUT2D eigenvalue weighted by Gasteiger charge is -2.38. The van der Waals surface area contributed by atoms with Crippen molar-refractivity contribution >= 4 is 23.4 Å². The summed E-state index contributed by atoms with van der Waals surface area (Å²) in [7, 11) is 0. The van der Waals surface area contributed by atoms with Crippen LogP contribution < -0.4 is 14.7 Å². The number of amides is 1. The molecule has 0 saturated carbocycles. The maximum atomic E-state index is 13.4. The fourth-order valence-corrected chi connectivity index (χ4v) is 5.83. The van der Waals surface area contributed by atoms with Crippen molar-refractivity contribution in [2.24, 2.45) is 0 Å². The molecule has 0 N–H and O–H groups in total. The molecule has 0 aliphatic carbocycles. The summed E-state index contributed by atoms with van der Waals surface area (Å²) in [6.45, 7) is 9.09. The molecule has 3 aliphatic rings. The quantitative estimate of drug-likeness (QED) is 0.537. The van der Waals surface area contributed by atoms with Crippen LogP contribution in [0, 0.1) is 6.92 Å². The number of benzene rings is 2. The van der Waals surface area contributed by atoms with E-state index in [1.807, 2.05) is 36.1 Å². The van der Waals surface area contributed by atoms with Gasteiger partial charge in [0.1, 0.15) is 5.82 Å². The van der Waals surface area contributed by atoms with Crippen molar-refractivity contribution in [3.63, 3.8) is 0 Å². The predicted octanol–water partition coefficient (Wildman–Crippen LogP) is 4.30. The molecule has 4 heterocycles. The lowest BCUT2D eigenvalue weighted by atomic mass is 10.0. The molecule has 0 spiro atoms. The van der Waals surface area contributed by atoms with Crippen LogP contribution in [0.1, 0.15) is 46.4 Å². The van der Waals surface area contributed by atoms with Crippen molar-refractivity contribution in [1.29, 1.82) is 0 Å². The average Bonchev–Trinajstić information content (AvgIpc) is 2.97. The fourth-order valence-electron chi connectivity index (χ4n) is 5.83. The Kier molecular flexibility index (Phi) is 6.68. The molecule has 7 heteroatoms. The molecule has 37 heavy (non-hydrogen) atoms. The molecule has 2 aromatic carbocycles. The van der Waals surface area contributed by atoms with Gasteiger partial charge in [0.15, 0.2) is 0 Å². The molecule has 3 aliphatic heterocycles. The lowest BCUT2D eigenvalue weighted by molar-refractivity contribution is 0.0733. The summed E-state index contributed by atoms with van der Waals surface area (Å²) in [5.41, 5.74) is 5.40. The number of carbonyl (C=O) groups is 1. The van der Waals surface area contributed by atoms with Crippen LogP contribution in [0.5, 0.6) is 0 Å². The van der Waals surface area contributed by atoms with E-state index < -0.39 is 0 Å². The standard InChI is InChI=1S/C30H36N6O/c1-23-9-8-10-24(21-23)29(37)36-16-13-27-26(22-36)28(34-14-6-3-7-15-34)32-30(31-27)35-19-17-33(18-20-35)25-11-4-2-5-12-25/h2,4-5,8-12,21H,3,6-7,13-20,22H2,1H3. The Bertz CT molecular complexity index is 1250. The van der Waals surface area contributed by atoms with Gasteiger partial charge in [0.25, 0.3) is 5.91 Å². The third kappa shape index (κ3) is 4.99. The highest BCUT2D eigenvalue weighted by atomic mass is 16.2. The number of fused-ring (bicyclic) bond motifs is 1. The summed E-state index contributed by atoms with van der Waals surface area (Å²) >= 11 is 0. The van der Waals surface area contributed by atoms with Crippen molar-refractivity contribution < 1.29 is 4.79 Å². The SMILES string of the molecule is Cc1cccc(C(=O)N2CCc3nc(N4CCN(c5ccccc5)CC4)nc(N4CCCCC4)c3C2)c1. The number of piperazine rings is 1. The third-order valence-corrected chi connectivity index (χ3v) is 7.92. The highest BCUT2D eigenvalue weighted by Gasteiger charge is 2.30. The first-order valence-corrected chi connectivity index (χ1v) is 13.7. The van der Waals surface area contributed by atoms with E-state index >= 15 is 0 Å². The van der Waals surface area contributed by atoms with Crippen molar-refractivity contribution in [2.75, 3.05) is 60.5 Å². The van der Waals surface area contributed by atoms with E-state index in [0.717, 1.165) is 79.8 Å². The van der Waals surface area contributed by atoms with Gasteiger partial charge in [0.05, 0.1) is 12.2 Å². The largest absolute Gasteiger partial charge is 0.368 e. The Labute approximate surface area is 219 Å². The van der Waals surface area contributed by atoms with Crippen molar-refractivity contribution in [1.82, 2.24) is 14.9 Å². The van der Waals surface area contributed by atoms with Crippen LogP contribution >= 0.6 is 0 Å². The molecule has 192 valence electrons. The second-order valence-electron chi connectivity index (χ2n) is 10.5. The number of carbonyl (C=O) groups excluding carboxylic acids is 1. The number of anilines is 3. The van der Waals surface area contributed by atoms with Gasteiger partial charge in [0.2, 0.25) is 5.95 Å². The van der Waals surface area contributed by atoms with Gasteiger partial charge in [-0.05, 0) is 50.5 Å². The zero-order valence-electron chi connectivity index (χ0n) is 21.8. The van der Waals surface area contributed by atoms with Crippen LogP contribution in [0.15, 0.2) is 54.6 Å². The first kappa shape index (κ1) is 23.8. The lowest BCUT2D eigenvalue weighted by Crippen LogP contribution is -2.47. The van der Waals surface area contributed by atoms with E-state index in [9.17, 15) is 4.79 Å². The molecule has 1 aromatic heterocycles. The van der Waals surface area contributed by atoms with Crippen LogP contribution in [0.2, 0.25) is 0 Å². The number of hydrogen-bond donors (Lipinski definition) is 0. The van der Waals surface area contributed by atoms with Crippen LogP contribution in [0.25, 0.3) is 0 Å². The van der Waals surface area contributed by atoms with E-state index in [4.69, 9.17) is 9.97 Å². The molecule has 2 saturated heterocycles. The van der Waals surface area contributed by atoms with Crippen LogP contribution in [-0.4, -0.2) is 66.6 Å². The van der Waals surface area contributed by atoms with Gasteiger partial charge < -0.3 is 19.6 Å². The summed E-state index contributed by atoms with van der Waals surface area (Å²) in [6.07, 6.45) is 4.43. The number of aryl methyl sites for hydroxylation is 1. The highest BCUT2D eigenvalue weighted by molar-refractivity contribution is 5.94. The maximum absolute atomic E-state index is 13.4. The van der Waals surface area contributed by atoms with Gasteiger partial charge in [-0.25, -0.2) is 4.98 Å². The maximum Gasteiger partial charge on any atom is 0.254 e. The normalized spacial score (nSPS) is 18.1. The summed E-state index contributed by atoms with van der Waals surface area (Å²) in [6, 6.07) is 18.5. The number of rotatable bonds is 4. The topological polar surface area (TPSA) is 55.8 Å². The highest BCUT2D eigenvalue weighted by Crippen LogP contribution is 2.32. The molecule has 3 aromatic rings. The Morgan fingerprint density at radius 2 is 1.51 bits per heavy atom. The van der Waals surface area contributed by atoms with Crippen molar-refractivity contribution in [3.8, 4) is 0 Å². The Morgan fingerprint density at radius 3 is 2.27 bits per heavy atom. The zero-order valence-corrected chi connectivity index (χ0v) is 21.8. The Morgan fingerprint density at radius 1 is 0.757 bits per heavy atom. The van der Waals surface area contributed by atoms with Crippen LogP contribution in [-0.2, 0) is 13.0 Å². The van der Waals surface area contributed by atoms with Crippen LogP contribution in [0.4, 0.5) is 17.5 Å². The number of hydrogen-bond acceptors (Lipinski definition) is 6. The monoisotopic (exact) mass is 496 g/mol. The molecular weight excluding hydrogens is 460 g/mol. The van der Waals surface area contributed by atoms with Gasteiger partial charge >= 0.3 is 0 Å². The summed E-state index contributed by atoms with van der Waals surface area (Å²) < 4.78 is 0. The zero-order chi connectivity index (χ0) is 25.2. The number of para-hydroxylation sites is 1. The predicted molar refractivity (Wildman–Crippen MR) is 149 cm³/mol. The van der Waals surface area contributed by atoms with Crippen molar-refractivity contribution in [3.05, 3.63) is 77.0 Å². The smallest absolute Gasteiger partial charge is 0.254 e. The number of aromatic nitrogens is 2. The molecule has 0 unspecified atom stereocenters. The third-order valence-electron chi connectivity index (χ3n) is 7.92. The van der Waals surface area contributed by atoms with Crippen LogP contribution in [0.3, 0.4) is 0 Å². The van der Waals surface area contributed by atoms with Gasteiger partial charge in [0, 0.05) is 69.0 Å². The Hall–Kier alpha value is -3.61. The van der Waals surface area contributed by atoms with E-state index in [2.05, 4.69) is 45.0 Å². The summed E-state index contributed by atoms with van der Waals surface area (Å²) in [5, 5.41) is 0. The van der Waals surface area contributed by atoms with Gasteiger partial charge in [-0.15, -0.1) is 0 Å². The van der Waals surface area contributed by atoms with E-state index in [-0.39, 0.29) is 5.91 Å². The minimum absolute atomic E-state index is 0.0973. The first-order valence-electron chi connectivity index (χ1n) is 13.7. The molecule has 0 radical (unpaired) electrons. The van der Waals surface area contributed by atoms with E-state index in [1.165, 1.54) is 24.9 Å². The minimum atomic E-state index is 0.0973. The van der Waals surface area contributed by atoms with Gasteiger partial charge in [-0.3, -0.25) is 4.79 Å². The first-order chi connectivity index (χ1) is 18.2. The molecular formula is C30H36N6O. The fraction of sp³-hybridized carbons (Fsp3) is 0.433. The molecule has 1 amide bonds. The van der Waals surface area contributed by atoms with Gasteiger partial charge in [-0.2, -0.15) is 4.98 Å². The molecule has 0 atom stereocenters. The average molecular weight is 497 g/mol. The Balaban J connectivity index is 1.26. The molecule has 6 rings (SSSR count). The molecule has 7 nitrogen and oxygen atoms in total. The number of nitrogens with zero attached hydrogens (tertiary/aromatic N) is 6. The minimum Gasteiger partial charge on any atom is -0.368 e. The van der Waals surface area contributed by atoms with Gasteiger partial charge in [-0.1, -0.05) is 35.9 Å². The second kappa shape index (κ2) is 10.4. The molecule has 0 bridgehead atoms. The summed E-state index contributed by atoms with van der Waals surface area (Å²) in [4.78, 5) is 32.9. The van der Waals surface area contributed by atoms with E-state index in [1.54, 1.807) is 0 Å². The number of piperidine rings is 1. The van der Waals surface area contributed by atoms with E-state index in [0.29, 0.717) is 13.1 Å². The summed E-state index contributed by atoms with van der Waals surface area (Å²) in [5.74, 6) is 2.00. The van der Waals surface area contributed by atoms with Crippen molar-refractivity contribution in [2.45, 2.75) is 39.2 Å².